The van der Waals surface area contributed by atoms with Crippen LogP contribution in [-0.2, 0) is 16.1 Å². The fourth-order valence-corrected chi connectivity index (χ4v) is 2.52. The SMILES string of the molecule is CC(=O)Nc1cc(=O)n(CC(=O)O)c(-c2ccccc2)n1.c1cc2cc-2c1. The van der Waals surface area contributed by atoms with Crippen LogP contribution in [0.2, 0.25) is 0 Å². The van der Waals surface area contributed by atoms with Crippen molar-refractivity contribution in [2.75, 3.05) is 5.32 Å². The molecule has 0 saturated carbocycles. The molecule has 1 heterocycles. The second kappa shape index (κ2) is 7.65. The number of nitrogens with one attached hydrogen (secondary N) is 1. The molecule has 4 rings (SSSR count). The molecule has 1 aromatic carbocycles. The highest BCUT2D eigenvalue weighted by Gasteiger charge is 2.13. The number of carboxylic acid groups (broad SMARTS) is 1. The molecule has 0 bridgehead atoms. The Labute approximate surface area is 154 Å². The zero-order chi connectivity index (χ0) is 19.4. The standard InChI is InChI=1S/C14H13N3O4.C6H4/c1-9(18)15-11-7-12(19)17(8-13(20)21)14(16-11)10-5-3-2-4-6-10;1-2-5-4-6(5)3-1/h2-7H,8H2,1H3,(H,15,18)(H,20,21);1-4H. The third-order valence-corrected chi connectivity index (χ3v) is 3.75. The average molecular weight is 363 g/mol. The van der Waals surface area contributed by atoms with Crippen molar-refractivity contribution in [2.45, 2.75) is 13.5 Å². The van der Waals surface area contributed by atoms with Gasteiger partial charge in [-0.15, -0.1) is 0 Å². The largest absolute Gasteiger partial charge is 0.480 e. The van der Waals surface area contributed by atoms with E-state index in [1.807, 2.05) is 0 Å². The quantitative estimate of drug-likeness (QED) is 0.580. The number of nitrogens with zero attached hydrogens (tertiary/aromatic N) is 2. The summed E-state index contributed by atoms with van der Waals surface area (Å²) in [6.07, 6.45) is 0. The maximum Gasteiger partial charge on any atom is 0.323 e. The molecule has 2 aliphatic rings. The summed E-state index contributed by atoms with van der Waals surface area (Å²) in [5.41, 5.74) is 2.89. The summed E-state index contributed by atoms with van der Waals surface area (Å²) < 4.78 is 1.04. The summed E-state index contributed by atoms with van der Waals surface area (Å²) in [5, 5.41) is 11.3. The van der Waals surface area contributed by atoms with Crippen LogP contribution in [0.1, 0.15) is 6.92 Å². The van der Waals surface area contributed by atoms with Gasteiger partial charge in [0.05, 0.1) is 0 Å². The number of amides is 1. The average Bonchev–Trinajstić information content (AvgIpc) is 3.22. The lowest BCUT2D eigenvalue weighted by molar-refractivity contribution is -0.137. The van der Waals surface area contributed by atoms with Crippen LogP contribution in [-0.4, -0.2) is 26.5 Å². The van der Waals surface area contributed by atoms with E-state index in [9.17, 15) is 14.4 Å². The Morgan fingerprint density at radius 3 is 2.11 bits per heavy atom. The molecule has 136 valence electrons. The summed E-state index contributed by atoms with van der Waals surface area (Å²) in [6, 6.07) is 18.3. The smallest absolute Gasteiger partial charge is 0.323 e. The van der Waals surface area contributed by atoms with Gasteiger partial charge in [-0.3, -0.25) is 19.0 Å². The molecule has 0 spiro atoms. The molecule has 27 heavy (non-hydrogen) atoms. The van der Waals surface area contributed by atoms with Crippen molar-refractivity contribution < 1.29 is 14.7 Å². The lowest BCUT2D eigenvalue weighted by Gasteiger charge is -2.12. The topological polar surface area (TPSA) is 101 Å². The van der Waals surface area contributed by atoms with Gasteiger partial charge in [-0.25, -0.2) is 4.98 Å². The molecule has 1 amide bonds. The minimum Gasteiger partial charge on any atom is -0.480 e. The zero-order valence-electron chi connectivity index (χ0n) is 14.5. The van der Waals surface area contributed by atoms with E-state index < -0.39 is 18.1 Å². The lowest BCUT2D eigenvalue weighted by atomic mass is 10.2. The highest BCUT2D eigenvalue weighted by molar-refractivity contribution is 5.87. The number of carbonyl (C=O) groups is 2. The van der Waals surface area contributed by atoms with E-state index in [0.717, 1.165) is 10.6 Å². The summed E-state index contributed by atoms with van der Waals surface area (Å²) in [6.45, 7) is 0.795. The lowest BCUT2D eigenvalue weighted by Crippen LogP contribution is -2.27. The number of carbonyl (C=O) groups excluding carboxylic acids is 1. The number of carboxylic acids is 1. The number of hydrogen-bond acceptors (Lipinski definition) is 4. The fraction of sp³-hybridized carbons (Fsp3) is 0.100. The predicted molar refractivity (Wildman–Crippen MR) is 101 cm³/mol. The second-order valence-corrected chi connectivity index (χ2v) is 5.91. The van der Waals surface area contributed by atoms with Crippen molar-refractivity contribution in [2.24, 2.45) is 0 Å². The first-order chi connectivity index (χ1) is 12.9. The summed E-state index contributed by atoms with van der Waals surface area (Å²) in [4.78, 5) is 38.2. The molecule has 2 N–H and O–H groups in total. The molecule has 7 nitrogen and oxygen atoms in total. The number of fused-ring (bicyclic) bond motifs is 1. The number of aliphatic carboxylic acids is 1. The van der Waals surface area contributed by atoms with Gasteiger partial charge in [0, 0.05) is 18.6 Å². The molecule has 0 saturated heterocycles. The minimum absolute atomic E-state index is 0.0907. The zero-order valence-corrected chi connectivity index (χ0v) is 14.5. The molecule has 0 radical (unpaired) electrons. The molecule has 2 aliphatic carbocycles. The van der Waals surface area contributed by atoms with E-state index in [0.29, 0.717) is 5.56 Å². The summed E-state index contributed by atoms with van der Waals surface area (Å²) >= 11 is 0. The van der Waals surface area contributed by atoms with Crippen LogP contribution in [0.15, 0.2) is 65.5 Å². The molecule has 7 heteroatoms. The van der Waals surface area contributed by atoms with Gasteiger partial charge in [0.1, 0.15) is 18.2 Å². The maximum absolute atomic E-state index is 12.1. The van der Waals surface area contributed by atoms with Crippen LogP contribution in [0.5, 0.6) is 0 Å². The molecule has 0 fully saturated rings. The van der Waals surface area contributed by atoms with E-state index >= 15 is 0 Å². The number of anilines is 1. The van der Waals surface area contributed by atoms with Gasteiger partial charge in [-0.05, 0) is 17.2 Å². The minimum atomic E-state index is -1.15. The Balaban J connectivity index is 0.000000290. The van der Waals surface area contributed by atoms with E-state index in [2.05, 4.69) is 34.6 Å². The van der Waals surface area contributed by atoms with Crippen molar-refractivity contribution in [3.63, 3.8) is 0 Å². The highest BCUT2D eigenvalue weighted by Crippen LogP contribution is 2.32. The van der Waals surface area contributed by atoms with Crippen molar-refractivity contribution in [3.05, 3.63) is 71.0 Å². The molecule has 2 aromatic rings. The molecule has 1 aromatic heterocycles. The van der Waals surface area contributed by atoms with Gasteiger partial charge in [0.25, 0.3) is 5.56 Å². The van der Waals surface area contributed by atoms with Crippen LogP contribution in [0.3, 0.4) is 0 Å². The normalized spacial score (nSPS) is 10.4. The van der Waals surface area contributed by atoms with Gasteiger partial charge in [0.15, 0.2) is 0 Å². The van der Waals surface area contributed by atoms with Crippen molar-refractivity contribution in [3.8, 4) is 22.5 Å². The van der Waals surface area contributed by atoms with Gasteiger partial charge in [-0.2, -0.15) is 0 Å². The molecule has 0 atom stereocenters. The Morgan fingerprint density at radius 1 is 1.00 bits per heavy atom. The Kier molecular flexibility index (Phi) is 5.12. The predicted octanol–water partition coefficient (Wildman–Crippen LogP) is 2.62. The maximum atomic E-state index is 12.1. The number of rotatable bonds is 4. The van der Waals surface area contributed by atoms with Crippen LogP contribution in [0.25, 0.3) is 22.5 Å². The third kappa shape index (κ3) is 4.66. The molecular formula is C20H17N3O4. The van der Waals surface area contributed by atoms with Gasteiger partial charge in [0.2, 0.25) is 5.91 Å². The molecule has 0 aliphatic heterocycles. The van der Waals surface area contributed by atoms with Gasteiger partial charge in [-0.1, -0.05) is 48.5 Å². The van der Waals surface area contributed by atoms with Crippen LogP contribution in [0.4, 0.5) is 5.82 Å². The summed E-state index contributed by atoms with van der Waals surface area (Å²) in [7, 11) is 0. The van der Waals surface area contributed by atoms with Crippen LogP contribution >= 0.6 is 0 Å². The summed E-state index contributed by atoms with van der Waals surface area (Å²) in [5.74, 6) is -1.23. The molecular weight excluding hydrogens is 346 g/mol. The Morgan fingerprint density at radius 2 is 1.63 bits per heavy atom. The van der Waals surface area contributed by atoms with Crippen molar-refractivity contribution in [1.29, 1.82) is 0 Å². The van der Waals surface area contributed by atoms with Gasteiger partial charge < -0.3 is 10.4 Å². The first kappa shape index (κ1) is 18.1. The van der Waals surface area contributed by atoms with Crippen LogP contribution < -0.4 is 10.9 Å². The number of aromatic nitrogens is 2. The first-order valence-corrected chi connectivity index (χ1v) is 8.21. The monoisotopic (exact) mass is 363 g/mol. The van der Waals surface area contributed by atoms with E-state index in [-0.39, 0.29) is 17.5 Å². The van der Waals surface area contributed by atoms with E-state index in [1.54, 1.807) is 30.3 Å². The van der Waals surface area contributed by atoms with Crippen molar-refractivity contribution >= 4 is 17.7 Å². The number of hydrogen-bond donors (Lipinski definition) is 2. The number of benzene rings is 2. The highest BCUT2D eigenvalue weighted by atomic mass is 16.4. The Hall–Kier alpha value is -3.74. The molecule has 0 unspecified atom stereocenters. The Bertz CT molecular complexity index is 1040. The van der Waals surface area contributed by atoms with E-state index in [4.69, 9.17) is 5.11 Å². The van der Waals surface area contributed by atoms with Gasteiger partial charge >= 0.3 is 5.97 Å². The van der Waals surface area contributed by atoms with Crippen LogP contribution in [0, 0.1) is 0 Å². The second-order valence-electron chi connectivity index (χ2n) is 5.91. The van der Waals surface area contributed by atoms with Crippen molar-refractivity contribution in [1.82, 2.24) is 9.55 Å². The first-order valence-electron chi connectivity index (χ1n) is 8.21. The van der Waals surface area contributed by atoms with E-state index in [1.165, 1.54) is 18.1 Å². The fourth-order valence-electron chi connectivity index (χ4n) is 2.52. The third-order valence-electron chi connectivity index (χ3n) is 3.75.